The molecule has 22 heavy (non-hydrogen) atoms. The number of carbonyl (C=O) groups excluding carboxylic acids is 1. The number of furan rings is 1. The molecular formula is C16H18N2O4. The van der Waals surface area contributed by atoms with E-state index in [0.29, 0.717) is 18.7 Å². The molecule has 2 amide bonds. The van der Waals surface area contributed by atoms with Gasteiger partial charge in [0.05, 0.1) is 6.26 Å². The highest BCUT2D eigenvalue weighted by Gasteiger charge is 2.14. The van der Waals surface area contributed by atoms with Crippen LogP contribution in [0.1, 0.15) is 18.2 Å². The number of ether oxygens (including phenoxy) is 2. The lowest BCUT2D eigenvalue weighted by Gasteiger charge is -2.13. The van der Waals surface area contributed by atoms with Crippen LogP contribution in [0.25, 0.3) is 0 Å². The Kier molecular flexibility index (Phi) is 4.18. The fourth-order valence-corrected chi connectivity index (χ4v) is 2.29. The van der Waals surface area contributed by atoms with Crippen LogP contribution < -0.4 is 20.1 Å². The van der Waals surface area contributed by atoms with Crippen molar-refractivity contribution >= 4 is 6.03 Å². The zero-order valence-corrected chi connectivity index (χ0v) is 12.3. The second kappa shape index (κ2) is 6.43. The van der Waals surface area contributed by atoms with Gasteiger partial charge in [0.25, 0.3) is 0 Å². The summed E-state index contributed by atoms with van der Waals surface area (Å²) in [7, 11) is 0. The third-order valence-corrected chi connectivity index (χ3v) is 3.36. The molecule has 2 N–H and O–H groups in total. The molecule has 1 atom stereocenters. The van der Waals surface area contributed by atoms with Crippen molar-refractivity contribution in [3.8, 4) is 11.5 Å². The molecule has 0 aliphatic carbocycles. The molecule has 1 aromatic carbocycles. The summed E-state index contributed by atoms with van der Waals surface area (Å²) in [5, 5.41) is 5.70. The normalized spacial score (nSPS) is 13.7. The van der Waals surface area contributed by atoms with E-state index in [2.05, 4.69) is 10.6 Å². The Hall–Kier alpha value is -2.63. The van der Waals surface area contributed by atoms with E-state index in [1.54, 1.807) is 6.26 Å². The van der Waals surface area contributed by atoms with Gasteiger partial charge in [0.2, 0.25) is 6.79 Å². The molecule has 0 unspecified atom stereocenters. The average Bonchev–Trinajstić information content (AvgIpc) is 3.15. The highest BCUT2D eigenvalue weighted by atomic mass is 16.7. The predicted octanol–water partition coefficient (Wildman–Crippen LogP) is 2.44. The Morgan fingerprint density at radius 1 is 1.27 bits per heavy atom. The van der Waals surface area contributed by atoms with Crippen molar-refractivity contribution in [1.82, 2.24) is 10.6 Å². The molecule has 6 nitrogen and oxygen atoms in total. The maximum atomic E-state index is 11.9. The summed E-state index contributed by atoms with van der Waals surface area (Å²) in [4.78, 5) is 11.9. The van der Waals surface area contributed by atoms with Crippen molar-refractivity contribution in [2.45, 2.75) is 25.9 Å². The Labute approximate surface area is 128 Å². The highest BCUT2D eigenvalue weighted by Crippen LogP contribution is 2.32. The lowest BCUT2D eigenvalue weighted by atomic mass is 10.2. The van der Waals surface area contributed by atoms with E-state index in [4.69, 9.17) is 13.9 Å². The molecule has 2 aromatic rings. The number of hydrogen-bond donors (Lipinski definition) is 2. The number of nitrogens with one attached hydrogen (secondary N) is 2. The summed E-state index contributed by atoms with van der Waals surface area (Å²) < 4.78 is 15.8. The second-order valence-electron chi connectivity index (χ2n) is 5.20. The molecule has 2 heterocycles. The van der Waals surface area contributed by atoms with Crippen LogP contribution in [0.3, 0.4) is 0 Å². The standard InChI is InChI=1S/C16H18N2O4/c1-11(7-13-3-2-6-20-13)18-16(19)17-9-12-4-5-14-15(8-12)22-10-21-14/h2-6,8,11H,7,9-10H2,1H3,(H2,17,18,19)/t11-/m0/s1. The summed E-state index contributed by atoms with van der Waals surface area (Å²) in [6.45, 7) is 2.61. The first-order valence-corrected chi connectivity index (χ1v) is 7.16. The maximum Gasteiger partial charge on any atom is 0.315 e. The molecule has 1 aromatic heterocycles. The van der Waals surface area contributed by atoms with Crippen LogP contribution in [0.4, 0.5) is 4.79 Å². The van der Waals surface area contributed by atoms with Gasteiger partial charge in [-0.25, -0.2) is 4.79 Å². The molecule has 6 heteroatoms. The molecule has 1 aliphatic rings. The lowest BCUT2D eigenvalue weighted by Crippen LogP contribution is -2.41. The van der Waals surface area contributed by atoms with Gasteiger partial charge in [0, 0.05) is 19.0 Å². The maximum absolute atomic E-state index is 11.9. The van der Waals surface area contributed by atoms with Gasteiger partial charge in [0.15, 0.2) is 11.5 Å². The monoisotopic (exact) mass is 302 g/mol. The van der Waals surface area contributed by atoms with Gasteiger partial charge in [-0.2, -0.15) is 0 Å². The molecule has 3 rings (SSSR count). The van der Waals surface area contributed by atoms with E-state index in [-0.39, 0.29) is 18.9 Å². The minimum atomic E-state index is -0.211. The van der Waals surface area contributed by atoms with E-state index >= 15 is 0 Å². The first-order valence-electron chi connectivity index (χ1n) is 7.16. The first kappa shape index (κ1) is 14.3. The number of hydrogen-bond acceptors (Lipinski definition) is 4. The smallest absolute Gasteiger partial charge is 0.315 e. The van der Waals surface area contributed by atoms with Crippen LogP contribution in [-0.4, -0.2) is 18.9 Å². The number of fused-ring (bicyclic) bond motifs is 1. The molecule has 0 spiro atoms. The van der Waals surface area contributed by atoms with E-state index in [1.165, 1.54) is 0 Å². The Morgan fingerprint density at radius 3 is 2.95 bits per heavy atom. The minimum absolute atomic E-state index is 0.0112. The number of amides is 2. The third kappa shape index (κ3) is 3.52. The number of urea groups is 1. The van der Waals surface area contributed by atoms with Gasteiger partial charge in [-0.1, -0.05) is 6.07 Å². The van der Waals surface area contributed by atoms with Crippen LogP contribution in [0.15, 0.2) is 41.0 Å². The molecular weight excluding hydrogens is 284 g/mol. The van der Waals surface area contributed by atoms with Gasteiger partial charge in [0.1, 0.15) is 5.76 Å². The summed E-state index contributed by atoms with van der Waals surface area (Å²) in [6, 6.07) is 9.12. The zero-order valence-electron chi connectivity index (χ0n) is 12.3. The summed E-state index contributed by atoms with van der Waals surface area (Å²) in [6.07, 6.45) is 2.28. The van der Waals surface area contributed by atoms with Crippen LogP contribution >= 0.6 is 0 Å². The molecule has 0 saturated heterocycles. The Balaban J connectivity index is 1.46. The molecule has 116 valence electrons. The Morgan fingerprint density at radius 2 is 2.14 bits per heavy atom. The number of carbonyl (C=O) groups is 1. The minimum Gasteiger partial charge on any atom is -0.469 e. The van der Waals surface area contributed by atoms with Crippen molar-refractivity contribution in [1.29, 1.82) is 0 Å². The lowest BCUT2D eigenvalue weighted by molar-refractivity contribution is 0.174. The van der Waals surface area contributed by atoms with Gasteiger partial charge in [-0.15, -0.1) is 0 Å². The van der Waals surface area contributed by atoms with E-state index in [1.807, 2.05) is 37.3 Å². The van der Waals surface area contributed by atoms with Crippen LogP contribution in [0, 0.1) is 0 Å². The fourth-order valence-electron chi connectivity index (χ4n) is 2.29. The van der Waals surface area contributed by atoms with Crippen LogP contribution in [0.2, 0.25) is 0 Å². The predicted molar refractivity (Wildman–Crippen MR) is 79.8 cm³/mol. The average molecular weight is 302 g/mol. The van der Waals surface area contributed by atoms with Crippen LogP contribution in [-0.2, 0) is 13.0 Å². The van der Waals surface area contributed by atoms with Crippen LogP contribution in [0.5, 0.6) is 11.5 Å². The molecule has 0 saturated carbocycles. The molecule has 1 aliphatic heterocycles. The van der Waals surface area contributed by atoms with Gasteiger partial charge in [-0.3, -0.25) is 0 Å². The van der Waals surface area contributed by atoms with Gasteiger partial charge < -0.3 is 24.5 Å². The van der Waals surface area contributed by atoms with Gasteiger partial charge >= 0.3 is 6.03 Å². The fraction of sp³-hybridized carbons (Fsp3) is 0.312. The summed E-state index contributed by atoms with van der Waals surface area (Å²) >= 11 is 0. The first-order chi connectivity index (χ1) is 10.7. The third-order valence-electron chi connectivity index (χ3n) is 3.36. The summed E-state index contributed by atoms with van der Waals surface area (Å²) in [5.74, 6) is 2.30. The van der Waals surface area contributed by atoms with Crippen molar-refractivity contribution < 1.29 is 18.7 Å². The largest absolute Gasteiger partial charge is 0.469 e. The molecule has 0 radical (unpaired) electrons. The highest BCUT2D eigenvalue weighted by molar-refractivity contribution is 5.74. The van der Waals surface area contributed by atoms with E-state index in [0.717, 1.165) is 17.1 Å². The zero-order chi connectivity index (χ0) is 15.4. The van der Waals surface area contributed by atoms with Crippen molar-refractivity contribution in [3.63, 3.8) is 0 Å². The topological polar surface area (TPSA) is 72.7 Å². The van der Waals surface area contributed by atoms with E-state index in [9.17, 15) is 4.79 Å². The van der Waals surface area contributed by atoms with Crippen molar-refractivity contribution in [3.05, 3.63) is 47.9 Å². The molecule has 0 fully saturated rings. The molecule has 0 bridgehead atoms. The SMILES string of the molecule is C[C@@H](Cc1ccco1)NC(=O)NCc1ccc2c(c1)OCO2. The quantitative estimate of drug-likeness (QED) is 0.890. The summed E-state index contributed by atoms with van der Waals surface area (Å²) in [5.41, 5.74) is 0.957. The van der Waals surface area contributed by atoms with Crippen molar-refractivity contribution in [2.75, 3.05) is 6.79 Å². The number of rotatable bonds is 5. The van der Waals surface area contributed by atoms with E-state index < -0.39 is 0 Å². The Bertz CT molecular complexity index is 640. The van der Waals surface area contributed by atoms with Gasteiger partial charge in [-0.05, 0) is 36.8 Å². The van der Waals surface area contributed by atoms with Crippen molar-refractivity contribution in [2.24, 2.45) is 0 Å². The number of benzene rings is 1. The second-order valence-corrected chi connectivity index (χ2v) is 5.20.